The first-order chi connectivity index (χ1) is 7.34. The van der Waals surface area contributed by atoms with Crippen molar-refractivity contribution in [3.8, 4) is 0 Å². The molecule has 0 heterocycles. The molecule has 0 bridgehead atoms. The Kier molecular flexibility index (Phi) is 6.33. The monoisotopic (exact) mass is 210 g/mol. The van der Waals surface area contributed by atoms with Gasteiger partial charge >= 0.3 is 0 Å². The highest BCUT2D eigenvalue weighted by Gasteiger charge is 2.15. The maximum absolute atomic E-state index is 11.3. The SMILES string of the molecule is CCCCCCOC/C=C1/CCCC1=O. The first-order valence-electron chi connectivity index (χ1n) is 6.14. The van der Waals surface area contributed by atoms with Crippen LogP contribution in [0.15, 0.2) is 11.6 Å². The van der Waals surface area contributed by atoms with Crippen LogP contribution in [0.4, 0.5) is 0 Å². The van der Waals surface area contributed by atoms with Crippen LogP contribution in [0.2, 0.25) is 0 Å². The van der Waals surface area contributed by atoms with E-state index in [1.54, 1.807) is 0 Å². The number of ether oxygens (including phenoxy) is 1. The Morgan fingerprint density at radius 3 is 2.80 bits per heavy atom. The third-order valence-corrected chi connectivity index (χ3v) is 2.80. The Bertz CT molecular complexity index is 219. The molecule has 15 heavy (non-hydrogen) atoms. The maximum Gasteiger partial charge on any atom is 0.158 e. The van der Waals surface area contributed by atoms with Gasteiger partial charge in [-0.15, -0.1) is 0 Å². The molecular formula is C13H22O2. The summed E-state index contributed by atoms with van der Waals surface area (Å²) in [5.74, 6) is 0.324. The predicted molar refractivity (Wildman–Crippen MR) is 61.9 cm³/mol. The van der Waals surface area contributed by atoms with E-state index in [1.807, 2.05) is 6.08 Å². The Morgan fingerprint density at radius 1 is 1.27 bits per heavy atom. The van der Waals surface area contributed by atoms with Crippen LogP contribution in [-0.4, -0.2) is 19.0 Å². The first-order valence-corrected chi connectivity index (χ1v) is 6.14. The van der Waals surface area contributed by atoms with Crippen molar-refractivity contribution in [1.82, 2.24) is 0 Å². The molecule has 2 heteroatoms. The van der Waals surface area contributed by atoms with Crippen molar-refractivity contribution in [2.45, 2.75) is 51.9 Å². The molecule has 0 unspecified atom stereocenters. The van der Waals surface area contributed by atoms with E-state index in [0.717, 1.165) is 37.9 Å². The number of carbonyl (C=O) groups excluding carboxylic acids is 1. The lowest BCUT2D eigenvalue weighted by atomic mass is 10.2. The molecule has 1 aliphatic rings. The van der Waals surface area contributed by atoms with E-state index >= 15 is 0 Å². The Morgan fingerprint density at radius 2 is 2.13 bits per heavy atom. The van der Waals surface area contributed by atoms with Gasteiger partial charge in [-0.3, -0.25) is 4.79 Å². The molecule has 2 nitrogen and oxygen atoms in total. The summed E-state index contributed by atoms with van der Waals surface area (Å²) in [4.78, 5) is 11.3. The van der Waals surface area contributed by atoms with E-state index in [9.17, 15) is 4.79 Å². The van der Waals surface area contributed by atoms with Crippen molar-refractivity contribution < 1.29 is 9.53 Å². The predicted octanol–water partition coefficient (Wildman–Crippen LogP) is 3.26. The van der Waals surface area contributed by atoms with Gasteiger partial charge in [0.2, 0.25) is 0 Å². The van der Waals surface area contributed by atoms with E-state index in [1.165, 1.54) is 19.3 Å². The van der Waals surface area contributed by atoms with E-state index in [0.29, 0.717) is 12.4 Å². The summed E-state index contributed by atoms with van der Waals surface area (Å²) < 4.78 is 5.46. The van der Waals surface area contributed by atoms with Gasteiger partial charge in [-0.05, 0) is 24.8 Å². The van der Waals surface area contributed by atoms with Crippen molar-refractivity contribution in [1.29, 1.82) is 0 Å². The van der Waals surface area contributed by atoms with Crippen LogP contribution in [0.3, 0.4) is 0 Å². The topological polar surface area (TPSA) is 26.3 Å². The van der Waals surface area contributed by atoms with Gasteiger partial charge in [0.1, 0.15) is 0 Å². The van der Waals surface area contributed by atoms with E-state index in [4.69, 9.17) is 4.74 Å². The van der Waals surface area contributed by atoms with Gasteiger partial charge < -0.3 is 4.74 Å². The lowest BCUT2D eigenvalue weighted by Gasteiger charge is -2.01. The molecule has 0 aromatic carbocycles. The summed E-state index contributed by atoms with van der Waals surface area (Å²) in [5, 5.41) is 0. The van der Waals surface area contributed by atoms with E-state index in [-0.39, 0.29) is 0 Å². The lowest BCUT2D eigenvalue weighted by molar-refractivity contribution is -0.114. The van der Waals surface area contributed by atoms with E-state index < -0.39 is 0 Å². The van der Waals surface area contributed by atoms with Gasteiger partial charge in [0.05, 0.1) is 6.61 Å². The molecule has 1 rings (SSSR count). The molecule has 0 aromatic rings. The van der Waals surface area contributed by atoms with E-state index in [2.05, 4.69) is 6.92 Å². The summed E-state index contributed by atoms with van der Waals surface area (Å²) in [6.45, 7) is 3.65. The van der Waals surface area contributed by atoms with Crippen LogP contribution in [0.5, 0.6) is 0 Å². The minimum absolute atomic E-state index is 0.324. The molecule has 0 aromatic heterocycles. The number of hydrogen-bond acceptors (Lipinski definition) is 2. The Labute approximate surface area is 92.7 Å². The van der Waals surface area contributed by atoms with Crippen molar-refractivity contribution >= 4 is 5.78 Å². The molecule has 1 saturated carbocycles. The minimum Gasteiger partial charge on any atom is -0.377 e. The lowest BCUT2D eigenvalue weighted by Crippen LogP contribution is -1.98. The van der Waals surface area contributed by atoms with Crippen LogP contribution in [0, 0.1) is 0 Å². The normalized spacial score (nSPS) is 19.0. The second-order valence-corrected chi connectivity index (χ2v) is 4.14. The zero-order valence-corrected chi connectivity index (χ0v) is 9.76. The summed E-state index contributed by atoms with van der Waals surface area (Å²) in [6, 6.07) is 0. The Hall–Kier alpha value is -0.630. The number of rotatable bonds is 7. The minimum atomic E-state index is 0.324. The fourth-order valence-electron chi connectivity index (χ4n) is 1.83. The summed E-state index contributed by atoms with van der Waals surface area (Å²) >= 11 is 0. The van der Waals surface area contributed by atoms with Gasteiger partial charge in [-0.2, -0.15) is 0 Å². The van der Waals surface area contributed by atoms with Gasteiger partial charge in [0.15, 0.2) is 5.78 Å². The standard InChI is InChI=1S/C13H22O2/c1-2-3-4-5-10-15-11-9-12-7-6-8-13(12)14/h9H,2-8,10-11H2,1H3/b12-9-. The quantitative estimate of drug-likeness (QED) is 0.476. The Balaban J connectivity index is 1.98. The van der Waals surface area contributed by atoms with Gasteiger partial charge in [-0.25, -0.2) is 0 Å². The molecule has 0 atom stereocenters. The average Bonchev–Trinajstić information content (AvgIpc) is 2.63. The zero-order chi connectivity index (χ0) is 10.9. The fraction of sp³-hybridized carbons (Fsp3) is 0.769. The molecule has 0 amide bonds. The number of ketones is 1. The second kappa shape index (κ2) is 7.63. The summed E-state index contributed by atoms with van der Waals surface area (Å²) in [7, 11) is 0. The smallest absolute Gasteiger partial charge is 0.158 e. The third kappa shape index (κ3) is 5.12. The maximum atomic E-state index is 11.3. The zero-order valence-electron chi connectivity index (χ0n) is 9.76. The van der Waals surface area contributed by atoms with Gasteiger partial charge in [0.25, 0.3) is 0 Å². The van der Waals surface area contributed by atoms with Crippen LogP contribution in [-0.2, 0) is 9.53 Å². The highest BCUT2D eigenvalue weighted by molar-refractivity contribution is 5.97. The number of unbranched alkanes of at least 4 members (excludes halogenated alkanes) is 3. The molecule has 1 aliphatic carbocycles. The number of carbonyl (C=O) groups is 1. The average molecular weight is 210 g/mol. The van der Waals surface area contributed by atoms with Crippen LogP contribution in [0.1, 0.15) is 51.9 Å². The number of Topliss-reactive ketones (excluding diaryl/α,β-unsaturated/α-hetero) is 1. The summed E-state index contributed by atoms with van der Waals surface area (Å²) in [5.41, 5.74) is 0.989. The molecule has 86 valence electrons. The second-order valence-electron chi connectivity index (χ2n) is 4.14. The highest BCUT2D eigenvalue weighted by atomic mass is 16.5. The van der Waals surface area contributed by atoms with Crippen LogP contribution < -0.4 is 0 Å². The fourth-order valence-corrected chi connectivity index (χ4v) is 1.83. The highest BCUT2D eigenvalue weighted by Crippen LogP contribution is 2.19. The van der Waals surface area contributed by atoms with Crippen LogP contribution in [0.25, 0.3) is 0 Å². The first kappa shape index (κ1) is 12.4. The van der Waals surface area contributed by atoms with Gasteiger partial charge in [-0.1, -0.05) is 32.3 Å². The van der Waals surface area contributed by atoms with Crippen LogP contribution >= 0.6 is 0 Å². The van der Waals surface area contributed by atoms with Crippen molar-refractivity contribution in [3.05, 3.63) is 11.6 Å². The molecule has 0 radical (unpaired) electrons. The third-order valence-electron chi connectivity index (χ3n) is 2.80. The number of allylic oxidation sites excluding steroid dienone is 1. The molecular weight excluding hydrogens is 188 g/mol. The number of hydrogen-bond donors (Lipinski definition) is 0. The van der Waals surface area contributed by atoms with Crippen molar-refractivity contribution in [3.63, 3.8) is 0 Å². The summed E-state index contributed by atoms with van der Waals surface area (Å²) in [6.07, 6.45) is 9.65. The van der Waals surface area contributed by atoms with Crippen molar-refractivity contribution in [2.24, 2.45) is 0 Å². The van der Waals surface area contributed by atoms with Gasteiger partial charge in [0, 0.05) is 13.0 Å². The molecule has 0 spiro atoms. The molecule has 1 fully saturated rings. The molecule has 0 N–H and O–H groups in total. The molecule has 0 saturated heterocycles. The molecule has 0 aliphatic heterocycles. The van der Waals surface area contributed by atoms with Crippen molar-refractivity contribution in [2.75, 3.05) is 13.2 Å². The largest absolute Gasteiger partial charge is 0.377 e.